The topological polar surface area (TPSA) is 71.8 Å². The number of pyridine rings is 1. The minimum absolute atomic E-state index is 0.114. The van der Waals surface area contributed by atoms with Crippen molar-refractivity contribution in [3.8, 4) is 5.82 Å². The van der Waals surface area contributed by atoms with Crippen molar-refractivity contribution >= 4 is 5.91 Å². The number of aryl methyl sites for hydroxylation is 2. The number of hydrogen-bond donors (Lipinski definition) is 2. The number of carbonyl (C=O) groups excluding carboxylic acids is 1. The van der Waals surface area contributed by atoms with Crippen LogP contribution in [0.25, 0.3) is 5.82 Å². The van der Waals surface area contributed by atoms with E-state index in [9.17, 15) is 4.79 Å². The molecule has 2 aromatic heterocycles. The zero-order valence-electron chi connectivity index (χ0n) is 13.6. The Kier molecular flexibility index (Phi) is 5.27. The van der Waals surface area contributed by atoms with Gasteiger partial charge in [0.25, 0.3) is 5.91 Å². The van der Waals surface area contributed by atoms with Gasteiger partial charge < -0.3 is 10.6 Å². The van der Waals surface area contributed by atoms with Gasteiger partial charge in [-0.2, -0.15) is 5.10 Å². The lowest BCUT2D eigenvalue weighted by Crippen LogP contribution is -2.38. The molecule has 0 aromatic carbocycles. The van der Waals surface area contributed by atoms with Gasteiger partial charge in [-0.1, -0.05) is 6.92 Å². The second-order valence-corrected chi connectivity index (χ2v) is 5.41. The Bertz CT molecular complexity index is 632. The number of likely N-dealkylation sites (N-methyl/N-ethyl adjacent to an activating group) is 1. The highest BCUT2D eigenvalue weighted by molar-refractivity contribution is 5.93. The molecule has 0 spiro atoms. The highest BCUT2D eigenvalue weighted by Crippen LogP contribution is 2.10. The fourth-order valence-electron chi connectivity index (χ4n) is 2.27. The van der Waals surface area contributed by atoms with E-state index in [2.05, 4.69) is 20.7 Å². The predicted molar refractivity (Wildman–Crippen MR) is 86.3 cm³/mol. The number of carbonyl (C=O) groups is 1. The lowest BCUT2D eigenvalue weighted by atomic mass is 10.2. The Morgan fingerprint density at radius 3 is 2.68 bits per heavy atom. The van der Waals surface area contributed by atoms with Gasteiger partial charge in [-0.25, -0.2) is 9.67 Å². The summed E-state index contributed by atoms with van der Waals surface area (Å²) in [5.41, 5.74) is 2.51. The van der Waals surface area contributed by atoms with Crippen molar-refractivity contribution in [2.45, 2.75) is 33.7 Å². The van der Waals surface area contributed by atoms with Crippen molar-refractivity contribution in [3.05, 3.63) is 41.3 Å². The van der Waals surface area contributed by atoms with E-state index < -0.39 is 0 Å². The molecule has 0 radical (unpaired) electrons. The molecule has 0 saturated heterocycles. The summed E-state index contributed by atoms with van der Waals surface area (Å²) < 4.78 is 1.77. The summed E-state index contributed by atoms with van der Waals surface area (Å²) in [5, 5.41) is 10.5. The van der Waals surface area contributed by atoms with E-state index in [0.717, 1.165) is 17.9 Å². The monoisotopic (exact) mass is 301 g/mol. The van der Waals surface area contributed by atoms with Crippen LogP contribution in [0.15, 0.2) is 24.4 Å². The SMILES string of the molecule is CCN[C@H](C)CNC(=O)c1ccc(-n2nc(C)cc2C)nc1. The Morgan fingerprint density at radius 2 is 2.14 bits per heavy atom. The number of nitrogens with zero attached hydrogens (tertiary/aromatic N) is 3. The van der Waals surface area contributed by atoms with Crippen LogP contribution in [0.2, 0.25) is 0 Å². The van der Waals surface area contributed by atoms with Gasteiger partial charge in [-0.15, -0.1) is 0 Å². The average Bonchev–Trinajstić information content (AvgIpc) is 2.84. The Balaban J connectivity index is 2.02. The van der Waals surface area contributed by atoms with Crippen molar-refractivity contribution in [1.29, 1.82) is 0 Å². The van der Waals surface area contributed by atoms with Gasteiger partial charge in [0, 0.05) is 24.5 Å². The molecule has 2 heterocycles. The largest absolute Gasteiger partial charge is 0.350 e. The van der Waals surface area contributed by atoms with Gasteiger partial charge in [0.15, 0.2) is 5.82 Å². The first kappa shape index (κ1) is 16.2. The summed E-state index contributed by atoms with van der Waals surface area (Å²) in [5.74, 6) is 0.598. The number of rotatable bonds is 6. The quantitative estimate of drug-likeness (QED) is 0.850. The molecular formula is C16H23N5O. The van der Waals surface area contributed by atoms with Crippen LogP contribution in [-0.4, -0.2) is 39.8 Å². The first-order valence-electron chi connectivity index (χ1n) is 7.52. The van der Waals surface area contributed by atoms with E-state index in [1.807, 2.05) is 39.8 Å². The van der Waals surface area contributed by atoms with Crippen molar-refractivity contribution < 1.29 is 4.79 Å². The van der Waals surface area contributed by atoms with Crippen molar-refractivity contribution in [1.82, 2.24) is 25.4 Å². The van der Waals surface area contributed by atoms with Gasteiger partial charge in [0.05, 0.1) is 11.3 Å². The van der Waals surface area contributed by atoms with E-state index in [1.165, 1.54) is 0 Å². The summed E-state index contributed by atoms with van der Waals surface area (Å²) in [4.78, 5) is 16.4. The van der Waals surface area contributed by atoms with Crippen LogP contribution in [-0.2, 0) is 0 Å². The Morgan fingerprint density at radius 1 is 1.36 bits per heavy atom. The summed E-state index contributed by atoms with van der Waals surface area (Å²) in [6, 6.07) is 5.81. The van der Waals surface area contributed by atoms with E-state index in [-0.39, 0.29) is 11.9 Å². The summed E-state index contributed by atoms with van der Waals surface area (Å²) in [6.07, 6.45) is 1.58. The average molecular weight is 301 g/mol. The maximum atomic E-state index is 12.1. The van der Waals surface area contributed by atoms with Gasteiger partial charge in [-0.05, 0) is 45.5 Å². The number of hydrogen-bond acceptors (Lipinski definition) is 4. The molecule has 0 aliphatic rings. The van der Waals surface area contributed by atoms with E-state index in [0.29, 0.717) is 17.9 Å². The second-order valence-electron chi connectivity index (χ2n) is 5.41. The maximum Gasteiger partial charge on any atom is 0.252 e. The van der Waals surface area contributed by atoms with Crippen LogP contribution in [0.1, 0.15) is 35.6 Å². The molecule has 2 N–H and O–H groups in total. The van der Waals surface area contributed by atoms with Gasteiger partial charge in [0.2, 0.25) is 0 Å². The summed E-state index contributed by atoms with van der Waals surface area (Å²) in [6.45, 7) is 9.47. The fourth-order valence-corrected chi connectivity index (χ4v) is 2.27. The molecule has 0 aliphatic heterocycles. The van der Waals surface area contributed by atoms with Crippen molar-refractivity contribution in [2.24, 2.45) is 0 Å². The molecule has 6 heteroatoms. The van der Waals surface area contributed by atoms with Gasteiger partial charge in [0.1, 0.15) is 0 Å². The molecule has 6 nitrogen and oxygen atoms in total. The molecule has 118 valence electrons. The standard InChI is InChI=1S/C16H23N5O/c1-5-17-12(3)9-19-16(22)14-6-7-15(18-10-14)21-13(4)8-11(2)20-21/h6-8,10,12,17H,5,9H2,1-4H3,(H,19,22)/t12-/m1/s1. The van der Waals surface area contributed by atoms with Crippen LogP contribution in [0.3, 0.4) is 0 Å². The van der Waals surface area contributed by atoms with Crippen LogP contribution in [0.4, 0.5) is 0 Å². The highest BCUT2D eigenvalue weighted by Gasteiger charge is 2.09. The highest BCUT2D eigenvalue weighted by atomic mass is 16.1. The first-order chi connectivity index (χ1) is 10.5. The third-order valence-electron chi connectivity index (χ3n) is 3.36. The van der Waals surface area contributed by atoms with Crippen LogP contribution in [0.5, 0.6) is 0 Å². The van der Waals surface area contributed by atoms with Gasteiger partial charge >= 0.3 is 0 Å². The van der Waals surface area contributed by atoms with Gasteiger partial charge in [-0.3, -0.25) is 4.79 Å². The normalized spacial score (nSPS) is 12.2. The van der Waals surface area contributed by atoms with Crippen LogP contribution in [0, 0.1) is 13.8 Å². The number of amides is 1. The molecule has 0 bridgehead atoms. The molecule has 2 rings (SSSR count). The Hall–Kier alpha value is -2.21. The Labute approximate surface area is 130 Å². The molecule has 0 unspecified atom stereocenters. The third-order valence-corrected chi connectivity index (χ3v) is 3.36. The smallest absolute Gasteiger partial charge is 0.252 e. The fraction of sp³-hybridized carbons (Fsp3) is 0.438. The second kappa shape index (κ2) is 7.17. The third kappa shape index (κ3) is 3.92. The molecule has 1 atom stereocenters. The van der Waals surface area contributed by atoms with E-state index in [4.69, 9.17) is 0 Å². The molecular weight excluding hydrogens is 278 g/mol. The van der Waals surface area contributed by atoms with Crippen LogP contribution < -0.4 is 10.6 Å². The van der Waals surface area contributed by atoms with Crippen molar-refractivity contribution in [3.63, 3.8) is 0 Å². The maximum absolute atomic E-state index is 12.1. The van der Waals surface area contributed by atoms with E-state index >= 15 is 0 Å². The lowest BCUT2D eigenvalue weighted by molar-refractivity contribution is 0.0950. The summed E-state index contributed by atoms with van der Waals surface area (Å²) >= 11 is 0. The predicted octanol–water partition coefficient (Wildman–Crippen LogP) is 1.61. The molecule has 22 heavy (non-hydrogen) atoms. The zero-order valence-corrected chi connectivity index (χ0v) is 13.6. The molecule has 2 aromatic rings. The minimum Gasteiger partial charge on any atom is -0.350 e. The minimum atomic E-state index is -0.114. The number of nitrogens with one attached hydrogen (secondary N) is 2. The molecule has 0 aliphatic carbocycles. The first-order valence-corrected chi connectivity index (χ1v) is 7.52. The molecule has 0 saturated carbocycles. The molecule has 1 amide bonds. The summed E-state index contributed by atoms with van der Waals surface area (Å²) in [7, 11) is 0. The molecule has 0 fully saturated rings. The lowest BCUT2D eigenvalue weighted by Gasteiger charge is -2.13. The zero-order chi connectivity index (χ0) is 16.1. The van der Waals surface area contributed by atoms with Crippen molar-refractivity contribution in [2.75, 3.05) is 13.1 Å². The van der Waals surface area contributed by atoms with Crippen LogP contribution >= 0.6 is 0 Å². The van der Waals surface area contributed by atoms with E-state index in [1.54, 1.807) is 16.9 Å². The number of aromatic nitrogens is 3.